The summed E-state index contributed by atoms with van der Waals surface area (Å²) in [5.74, 6) is -0.303. The first-order valence-corrected chi connectivity index (χ1v) is 5.39. The van der Waals surface area contributed by atoms with Gasteiger partial charge >= 0.3 is 5.97 Å². The van der Waals surface area contributed by atoms with Gasteiger partial charge < -0.3 is 9.84 Å². The molecule has 1 aromatic rings. The summed E-state index contributed by atoms with van der Waals surface area (Å²) in [6.45, 7) is 4.08. The second-order valence-electron chi connectivity index (χ2n) is 3.91. The molecule has 0 aromatic heterocycles. The summed E-state index contributed by atoms with van der Waals surface area (Å²) in [6.07, 6.45) is 1.50. The fourth-order valence-corrected chi connectivity index (χ4v) is 1.77. The van der Waals surface area contributed by atoms with E-state index in [9.17, 15) is 4.79 Å². The molecule has 0 unspecified atom stereocenters. The van der Waals surface area contributed by atoms with Crippen LogP contribution in [0.25, 0.3) is 0 Å². The summed E-state index contributed by atoms with van der Waals surface area (Å²) < 4.78 is 4.73. The van der Waals surface area contributed by atoms with E-state index in [4.69, 9.17) is 9.84 Å². The van der Waals surface area contributed by atoms with Crippen LogP contribution in [0.2, 0.25) is 0 Å². The van der Waals surface area contributed by atoms with Crippen molar-refractivity contribution in [2.45, 2.75) is 26.7 Å². The summed E-state index contributed by atoms with van der Waals surface area (Å²) in [4.78, 5) is 11.5. The topological polar surface area (TPSA) is 46.5 Å². The molecule has 1 aromatic carbocycles. The lowest BCUT2D eigenvalue weighted by atomic mass is 9.97. The minimum absolute atomic E-state index is 0.168. The molecule has 3 heteroatoms. The van der Waals surface area contributed by atoms with Crippen LogP contribution >= 0.6 is 0 Å². The van der Waals surface area contributed by atoms with E-state index in [1.165, 1.54) is 7.11 Å². The highest BCUT2D eigenvalue weighted by atomic mass is 16.5. The molecule has 0 radical (unpaired) electrons. The van der Waals surface area contributed by atoms with Crippen molar-refractivity contribution >= 4 is 5.97 Å². The predicted octanol–water partition coefficient (Wildman–Crippen LogP) is 2.01. The van der Waals surface area contributed by atoms with Crippen molar-refractivity contribution in [1.29, 1.82) is 0 Å². The zero-order valence-electron chi connectivity index (χ0n) is 10.0. The van der Waals surface area contributed by atoms with Gasteiger partial charge in [-0.3, -0.25) is 0 Å². The number of rotatable bonds is 4. The quantitative estimate of drug-likeness (QED) is 0.793. The van der Waals surface area contributed by atoms with Gasteiger partial charge in [0.1, 0.15) is 0 Å². The van der Waals surface area contributed by atoms with Crippen LogP contribution in [0.3, 0.4) is 0 Å². The lowest BCUT2D eigenvalue weighted by Crippen LogP contribution is -2.06. The molecule has 0 amide bonds. The Morgan fingerprint density at radius 1 is 1.31 bits per heavy atom. The Balaban J connectivity index is 3.06. The van der Waals surface area contributed by atoms with Gasteiger partial charge in [0.25, 0.3) is 0 Å². The van der Waals surface area contributed by atoms with E-state index < -0.39 is 0 Å². The van der Waals surface area contributed by atoms with Crippen molar-refractivity contribution in [3.63, 3.8) is 0 Å². The largest absolute Gasteiger partial charge is 0.465 e. The Kier molecular flexibility index (Phi) is 4.50. The molecule has 0 aliphatic heterocycles. The second-order valence-corrected chi connectivity index (χ2v) is 3.91. The van der Waals surface area contributed by atoms with Gasteiger partial charge in [0.05, 0.1) is 12.7 Å². The molecule has 3 nitrogen and oxygen atoms in total. The number of ether oxygens (including phenoxy) is 1. The van der Waals surface area contributed by atoms with Crippen molar-refractivity contribution in [2.75, 3.05) is 13.7 Å². The van der Waals surface area contributed by atoms with Gasteiger partial charge in [-0.2, -0.15) is 0 Å². The maximum atomic E-state index is 11.5. The molecule has 0 spiro atoms. The smallest absolute Gasteiger partial charge is 0.338 e. The monoisotopic (exact) mass is 222 g/mol. The fraction of sp³-hybridized carbons (Fsp3) is 0.462. The molecule has 0 aliphatic carbocycles. The van der Waals surface area contributed by atoms with Gasteiger partial charge in [0.2, 0.25) is 0 Å². The normalized spacial score (nSPS) is 10.2. The molecule has 1 rings (SSSR count). The van der Waals surface area contributed by atoms with Gasteiger partial charge in [-0.15, -0.1) is 0 Å². The number of hydrogen-bond acceptors (Lipinski definition) is 3. The summed E-state index contributed by atoms with van der Waals surface area (Å²) in [5, 5.41) is 8.81. The molecular formula is C13H18O3. The maximum Gasteiger partial charge on any atom is 0.338 e. The Bertz CT molecular complexity index is 383. The van der Waals surface area contributed by atoms with Crippen LogP contribution in [0.5, 0.6) is 0 Å². The third-order valence-electron chi connectivity index (χ3n) is 2.69. The first kappa shape index (κ1) is 12.7. The van der Waals surface area contributed by atoms with E-state index in [-0.39, 0.29) is 12.6 Å². The summed E-state index contributed by atoms with van der Waals surface area (Å²) >= 11 is 0. The number of aryl methyl sites for hydroxylation is 3. The Morgan fingerprint density at radius 3 is 2.56 bits per heavy atom. The molecule has 0 fully saturated rings. The standard InChI is InChI=1S/C13H18O3/c1-9-7-10(2)12(13(15)16-3)8-11(9)5-4-6-14/h7-8,14H,4-6H2,1-3H3. The highest BCUT2D eigenvalue weighted by Crippen LogP contribution is 2.18. The minimum atomic E-state index is -0.303. The summed E-state index contributed by atoms with van der Waals surface area (Å²) in [5.41, 5.74) is 3.79. The Hall–Kier alpha value is -1.35. The van der Waals surface area contributed by atoms with Crippen molar-refractivity contribution in [2.24, 2.45) is 0 Å². The fourth-order valence-electron chi connectivity index (χ4n) is 1.77. The molecule has 0 aliphatic rings. The molecule has 0 saturated carbocycles. The third-order valence-corrected chi connectivity index (χ3v) is 2.69. The summed E-state index contributed by atoms with van der Waals surface area (Å²) in [6, 6.07) is 3.85. The highest BCUT2D eigenvalue weighted by molar-refractivity contribution is 5.91. The molecule has 88 valence electrons. The number of hydrogen-bond donors (Lipinski definition) is 1. The van der Waals surface area contributed by atoms with E-state index in [0.717, 1.165) is 23.1 Å². The maximum absolute atomic E-state index is 11.5. The van der Waals surface area contributed by atoms with Gasteiger partial charge in [-0.1, -0.05) is 6.07 Å². The molecule has 0 saturated heterocycles. The average Bonchev–Trinajstić information content (AvgIpc) is 2.27. The van der Waals surface area contributed by atoms with Crippen LogP contribution in [0.4, 0.5) is 0 Å². The van der Waals surface area contributed by atoms with E-state index >= 15 is 0 Å². The zero-order chi connectivity index (χ0) is 12.1. The molecular weight excluding hydrogens is 204 g/mol. The average molecular weight is 222 g/mol. The zero-order valence-corrected chi connectivity index (χ0v) is 10.0. The number of aliphatic hydroxyl groups is 1. The first-order chi connectivity index (χ1) is 7.60. The van der Waals surface area contributed by atoms with Crippen LogP contribution in [0.15, 0.2) is 12.1 Å². The SMILES string of the molecule is COC(=O)c1cc(CCCO)c(C)cc1C. The third kappa shape index (κ3) is 2.83. The number of esters is 1. The van der Waals surface area contributed by atoms with E-state index in [1.807, 2.05) is 26.0 Å². The summed E-state index contributed by atoms with van der Waals surface area (Å²) in [7, 11) is 1.38. The van der Waals surface area contributed by atoms with Crippen molar-refractivity contribution in [3.8, 4) is 0 Å². The number of benzene rings is 1. The predicted molar refractivity (Wildman–Crippen MR) is 62.7 cm³/mol. The van der Waals surface area contributed by atoms with Crippen LogP contribution in [-0.2, 0) is 11.2 Å². The van der Waals surface area contributed by atoms with Crippen molar-refractivity contribution in [1.82, 2.24) is 0 Å². The van der Waals surface area contributed by atoms with Crippen LogP contribution < -0.4 is 0 Å². The van der Waals surface area contributed by atoms with Crippen LogP contribution in [0.1, 0.15) is 33.5 Å². The van der Waals surface area contributed by atoms with Gasteiger partial charge in [-0.25, -0.2) is 4.79 Å². The number of methoxy groups -OCH3 is 1. The number of aliphatic hydroxyl groups excluding tert-OH is 1. The molecule has 0 heterocycles. The van der Waals surface area contributed by atoms with Crippen LogP contribution in [-0.4, -0.2) is 24.8 Å². The number of carbonyl (C=O) groups is 1. The highest BCUT2D eigenvalue weighted by Gasteiger charge is 2.11. The Morgan fingerprint density at radius 2 is 2.00 bits per heavy atom. The van der Waals surface area contributed by atoms with E-state index in [1.54, 1.807) is 0 Å². The van der Waals surface area contributed by atoms with E-state index in [0.29, 0.717) is 12.0 Å². The lowest BCUT2D eigenvalue weighted by Gasteiger charge is -2.10. The molecule has 0 bridgehead atoms. The lowest BCUT2D eigenvalue weighted by molar-refractivity contribution is 0.0600. The molecule has 1 N–H and O–H groups in total. The van der Waals surface area contributed by atoms with Crippen LogP contribution in [0, 0.1) is 13.8 Å². The van der Waals surface area contributed by atoms with E-state index in [2.05, 4.69) is 0 Å². The van der Waals surface area contributed by atoms with Gasteiger partial charge in [0.15, 0.2) is 0 Å². The van der Waals surface area contributed by atoms with Crippen molar-refractivity contribution < 1.29 is 14.6 Å². The Labute approximate surface area is 96.1 Å². The molecule has 16 heavy (non-hydrogen) atoms. The number of carbonyl (C=O) groups excluding carboxylic acids is 1. The van der Waals surface area contributed by atoms with Gasteiger partial charge in [0, 0.05) is 6.61 Å². The first-order valence-electron chi connectivity index (χ1n) is 5.39. The van der Waals surface area contributed by atoms with Crippen molar-refractivity contribution in [3.05, 3.63) is 34.4 Å². The molecule has 0 atom stereocenters. The minimum Gasteiger partial charge on any atom is -0.465 e. The van der Waals surface area contributed by atoms with Gasteiger partial charge in [-0.05, 0) is 49.4 Å². The second kappa shape index (κ2) is 5.66.